The number of ketones is 1. The van der Waals surface area contributed by atoms with Crippen LogP contribution in [-0.2, 0) is 4.79 Å². The number of nitrogens with zero attached hydrogens (tertiary/aromatic N) is 3. The van der Waals surface area contributed by atoms with Gasteiger partial charge >= 0.3 is 0 Å². The summed E-state index contributed by atoms with van der Waals surface area (Å²) in [5, 5.41) is 22.9. The van der Waals surface area contributed by atoms with E-state index in [-0.39, 0.29) is 23.6 Å². The summed E-state index contributed by atoms with van der Waals surface area (Å²) in [6.07, 6.45) is 0.586. The van der Waals surface area contributed by atoms with Crippen molar-refractivity contribution in [2.24, 2.45) is 0 Å². The van der Waals surface area contributed by atoms with E-state index in [1.54, 1.807) is 18.2 Å². The van der Waals surface area contributed by atoms with E-state index < -0.39 is 28.4 Å². The monoisotopic (exact) mass is 463 g/mol. The van der Waals surface area contributed by atoms with Gasteiger partial charge in [0.05, 0.1) is 16.5 Å². The highest BCUT2D eigenvalue weighted by Gasteiger charge is 2.44. The molecule has 0 spiro atoms. The first-order valence-corrected chi connectivity index (χ1v) is 10.9. The van der Waals surface area contributed by atoms with Crippen molar-refractivity contribution >= 4 is 28.3 Å². The Labute approximate surface area is 196 Å². The molecule has 2 heterocycles. The summed E-state index contributed by atoms with van der Waals surface area (Å²) >= 11 is 0. The number of aliphatic hydroxyl groups is 1. The Kier molecular flexibility index (Phi) is 6.21. The van der Waals surface area contributed by atoms with E-state index in [1.165, 1.54) is 23.1 Å². The van der Waals surface area contributed by atoms with Gasteiger partial charge in [-0.25, -0.2) is 0 Å². The molecule has 0 saturated carbocycles. The molecule has 176 valence electrons. The fourth-order valence-corrected chi connectivity index (χ4v) is 4.24. The van der Waals surface area contributed by atoms with Gasteiger partial charge in [0.25, 0.3) is 11.6 Å². The zero-order valence-electron chi connectivity index (χ0n) is 19.1. The van der Waals surface area contributed by atoms with Crippen molar-refractivity contribution in [1.29, 1.82) is 0 Å². The molecule has 1 amide bonds. The summed E-state index contributed by atoms with van der Waals surface area (Å²) in [7, 11) is 3.80. The Bertz CT molecular complexity index is 1320. The Morgan fingerprint density at radius 3 is 2.68 bits per heavy atom. The Hall–Kier alpha value is -3.98. The molecule has 0 radical (unpaired) electrons. The van der Waals surface area contributed by atoms with E-state index in [9.17, 15) is 24.8 Å². The number of nitro benzene ring substituents is 1. The molecule has 4 rings (SSSR count). The summed E-state index contributed by atoms with van der Waals surface area (Å²) in [6, 6.07) is 11.8. The summed E-state index contributed by atoms with van der Waals surface area (Å²) in [6.45, 7) is 2.85. The maximum absolute atomic E-state index is 13.6. The zero-order valence-corrected chi connectivity index (χ0v) is 19.1. The van der Waals surface area contributed by atoms with Crippen LogP contribution in [0.3, 0.4) is 0 Å². The largest absolute Gasteiger partial charge is 0.503 e. The number of hydrogen-bond acceptors (Lipinski definition) is 7. The summed E-state index contributed by atoms with van der Waals surface area (Å²) < 4.78 is 5.74. The number of non-ortho nitro benzene ring substituents is 1. The minimum absolute atomic E-state index is 0.0134. The topological polar surface area (TPSA) is 117 Å². The van der Waals surface area contributed by atoms with Crippen LogP contribution in [0.25, 0.3) is 11.0 Å². The van der Waals surface area contributed by atoms with Crippen LogP contribution in [0.15, 0.2) is 64.3 Å². The fraction of sp³-hybridized carbons (Fsp3) is 0.280. The predicted octanol–water partition coefficient (Wildman–Crippen LogP) is 4.18. The van der Waals surface area contributed by atoms with Gasteiger partial charge in [0.2, 0.25) is 5.78 Å². The van der Waals surface area contributed by atoms with Gasteiger partial charge in [0, 0.05) is 24.1 Å². The van der Waals surface area contributed by atoms with Gasteiger partial charge < -0.3 is 19.3 Å². The SMILES string of the molecule is Cc1ccc2oc(C(=O)C3=C(O)C(=O)N(CCCN(C)C)C3c3cccc([N+](=O)[O-])c3)cc2c1. The number of hydrogen-bond donors (Lipinski definition) is 1. The van der Waals surface area contributed by atoms with E-state index >= 15 is 0 Å². The number of rotatable bonds is 8. The molecule has 2 aromatic carbocycles. The van der Waals surface area contributed by atoms with E-state index in [4.69, 9.17) is 4.42 Å². The quantitative estimate of drug-likeness (QED) is 0.302. The summed E-state index contributed by atoms with van der Waals surface area (Å²) in [5.74, 6) is -2.00. The lowest BCUT2D eigenvalue weighted by Crippen LogP contribution is -2.33. The summed E-state index contributed by atoms with van der Waals surface area (Å²) in [5.41, 5.74) is 1.55. The molecule has 9 heteroatoms. The second-order valence-corrected chi connectivity index (χ2v) is 8.65. The van der Waals surface area contributed by atoms with Crippen molar-refractivity contribution in [3.8, 4) is 0 Å². The maximum Gasteiger partial charge on any atom is 0.290 e. The molecule has 1 atom stereocenters. The molecule has 1 aromatic heterocycles. The van der Waals surface area contributed by atoms with Crippen LogP contribution < -0.4 is 0 Å². The highest BCUT2D eigenvalue weighted by atomic mass is 16.6. The molecule has 1 aliphatic rings. The lowest BCUT2D eigenvalue weighted by molar-refractivity contribution is -0.384. The van der Waals surface area contributed by atoms with Crippen LogP contribution in [0.1, 0.15) is 34.1 Å². The van der Waals surface area contributed by atoms with Gasteiger partial charge in [-0.15, -0.1) is 0 Å². The number of amides is 1. The maximum atomic E-state index is 13.6. The first kappa shape index (κ1) is 23.2. The number of fused-ring (bicyclic) bond motifs is 1. The molecule has 1 unspecified atom stereocenters. The van der Waals surface area contributed by atoms with Crippen LogP contribution in [0.4, 0.5) is 5.69 Å². The average Bonchev–Trinajstić information content (AvgIpc) is 3.32. The highest BCUT2D eigenvalue weighted by Crippen LogP contribution is 2.40. The third kappa shape index (κ3) is 4.29. The molecule has 0 bridgehead atoms. The van der Waals surface area contributed by atoms with Crippen molar-refractivity contribution in [3.63, 3.8) is 0 Å². The molecular weight excluding hydrogens is 438 g/mol. The number of benzene rings is 2. The van der Waals surface area contributed by atoms with Crippen molar-refractivity contribution in [2.45, 2.75) is 19.4 Å². The number of carbonyl (C=O) groups is 2. The Balaban J connectivity index is 1.78. The van der Waals surface area contributed by atoms with Crippen molar-refractivity contribution in [2.75, 3.05) is 27.2 Å². The number of furan rings is 1. The third-order valence-electron chi connectivity index (χ3n) is 5.84. The molecule has 3 aromatic rings. The average molecular weight is 463 g/mol. The molecule has 1 N–H and O–H groups in total. The molecule has 0 fully saturated rings. The number of aryl methyl sites for hydroxylation is 1. The number of aliphatic hydroxyl groups excluding tert-OH is 1. The van der Waals surface area contributed by atoms with E-state index in [0.29, 0.717) is 24.1 Å². The molecular formula is C25H25N3O6. The number of Topliss-reactive ketones (excluding diaryl/α,β-unsaturated/α-hetero) is 1. The second-order valence-electron chi connectivity index (χ2n) is 8.65. The van der Waals surface area contributed by atoms with Crippen LogP contribution in [0.2, 0.25) is 0 Å². The number of carbonyl (C=O) groups excluding carboxylic acids is 2. The highest BCUT2D eigenvalue weighted by molar-refractivity contribution is 6.16. The minimum atomic E-state index is -0.975. The first-order valence-electron chi connectivity index (χ1n) is 10.9. The lowest BCUT2D eigenvalue weighted by Gasteiger charge is -2.27. The third-order valence-corrected chi connectivity index (χ3v) is 5.84. The lowest BCUT2D eigenvalue weighted by atomic mass is 9.94. The first-order chi connectivity index (χ1) is 16.2. The van der Waals surface area contributed by atoms with E-state index in [1.807, 2.05) is 38.1 Å². The minimum Gasteiger partial charge on any atom is -0.503 e. The Morgan fingerprint density at radius 2 is 1.97 bits per heavy atom. The van der Waals surface area contributed by atoms with Gasteiger partial charge in [-0.1, -0.05) is 23.8 Å². The van der Waals surface area contributed by atoms with Crippen molar-refractivity contribution in [1.82, 2.24) is 9.80 Å². The zero-order chi connectivity index (χ0) is 24.6. The van der Waals surface area contributed by atoms with Gasteiger partial charge in [0.1, 0.15) is 5.58 Å². The molecule has 0 aliphatic carbocycles. The van der Waals surface area contributed by atoms with Crippen LogP contribution in [-0.4, -0.2) is 58.7 Å². The Morgan fingerprint density at radius 1 is 1.21 bits per heavy atom. The van der Waals surface area contributed by atoms with Crippen molar-refractivity contribution in [3.05, 3.63) is 86.9 Å². The van der Waals surface area contributed by atoms with Crippen LogP contribution in [0.5, 0.6) is 0 Å². The van der Waals surface area contributed by atoms with Crippen LogP contribution >= 0.6 is 0 Å². The smallest absolute Gasteiger partial charge is 0.290 e. The van der Waals surface area contributed by atoms with Crippen LogP contribution in [0, 0.1) is 17.0 Å². The molecule has 1 aliphatic heterocycles. The summed E-state index contributed by atoms with van der Waals surface area (Å²) in [4.78, 5) is 40.8. The number of nitro groups is 1. The van der Waals surface area contributed by atoms with Crippen molar-refractivity contribution < 1.29 is 24.0 Å². The molecule has 9 nitrogen and oxygen atoms in total. The van der Waals surface area contributed by atoms with Gasteiger partial charge in [-0.2, -0.15) is 0 Å². The molecule has 0 saturated heterocycles. The van der Waals surface area contributed by atoms with E-state index in [0.717, 1.165) is 10.9 Å². The standard InChI is InChI=1S/C25H25N3O6/c1-15-8-9-19-17(12-15)14-20(34-19)23(29)21-22(16-6-4-7-18(13-16)28(32)33)27(25(31)24(21)30)11-5-10-26(2)3/h4,6-9,12-14,22,30H,5,10-11H2,1-3H3. The van der Waals surface area contributed by atoms with Gasteiger partial charge in [-0.3, -0.25) is 19.7 Å². The fourth-order valence-electron chi connectivity index (χ4n) is 4.24. The molecule has 34 heavy (non-hydrogen) atoms. The predicted molar refractivity (Wildman–Crippen MR) is 126 cm³/mol. The van der Waals surface area contributed by atoms with Gasteiger partial charge in [-0.05, 0) is 57.7 Å². The van der Waals surface area contributed by atoms with E-state index in [2.05, 4.69) is 0 Å². The normalized spacial score (nSPS) is 16.2. The second kappa shape index (κ2) is 9.11. The van der Waals surface area contributed by atoms with Gasteiger partial charge in [0.15, 0.2) is 11.5 Å².